The predicted octanol–water partition coefficient (Wildman–Crippen LogP) is 4.95. The Morgan fingerprint density at radius 2 is 2.05 bits per heavy atom. The summed E-state index contributed by atoms with van der Waals surface area (Å²) in [7, 11) is 0. The molecule has 1 unspecified atom stereocenters. The van der Waals surface area contributed by atoms with Gasteiger partial charge in [0.2, 0.25) is 0 Å². The first-order chi connectivity index (χ1) is 9.91. The molecule has 2 aromatic rings. The highest BCUT2D eigenvalue weighted by Crippen LogP contribution is 2.36. The predicted molar refractivity (Wildman–Crippen MR) is 78.0 cm³/mol. The molecule has 0 radical (unpaired) electrons. The Bertz CT molecular complexity index is 581. The topological polar surface area (TPSA) is 25.2 Å². The highest BCUT2D eigenvalue weighted by Gasteiger charge is 2.33. The molecule has 21 heavy (non-hydrogen) atoms. The highest BCUT2D eigenvalue weighted by molar-refractivity contribution is 9.10. The first-order valence-electron chi connectivity index (χ1n) is 6.54. The molecule has 1 atom stereocenters. The van der Waals surface area contributed by atoms with Crippen LogP contribution in [0.1, 0.15) is 29.9 Å². The monoisotopic (exact) mass is 361 g/mol. The fourth-order valence-corrected chi connectivity index (χ4v) is 2.63. The molecule has 0 saturated heterocycles. The van der Waals surface area contributed by atoms with Crippen LogP contribution in [0.2, 0.25) is 0 Å². The van der Waals surface area contributed by atoms with Crippen LogP contribution in [0.3, 0.4) is 0 Å². The molecule has 1 aromatic carbocycles. The van der Waals surface area contributed by atoms with Gasteiger partial charge in [-0.3, -0.25) is 0 Å². The molecule has 2 rings (SSSR count). The van der Waals surface area contributed by atoms with Crippen LogP contribution in [0.4, 0.5) is 13.2 Å². The minimum absolute atomic E-state index is 0.0481. The van der Waals surface area contributed by atoms with Crippen LogP contribution in [0, 0.1) is 0 Å². The van der Waals surface area contributed by atoms with Gasteiger partial charge in [0, 0.05) is 16.9 Å². The van der Waals surface area contributed by atoms with Gasteiger partial charge in [0.15, 0.2) is 0 Å². The summed E-state index contributed by atoms with van der Waals surface area (Å²) in [5, 5.41) is 3.19. The van der Waals surface area contributed by atoms with Gasteiger partial charge in [0.25, 0.3) is 0 Å². The Morgan fingerprint density at radius 1 is 1.29 bits per heavy atom. The van der Waals surface area contributed by atoms with Crippen molar-refractivity contribution in [3.05, 3.63) is 58.0 Å². The molecular weight excluding hydrogens is 347 g/mol. The second kappa shape index (κ2) is 6.66. The maximum atomic E-state index is 13.0. The van der Waals surface area contributed by atoms with Crippen molar-refractivity contribution in [2.24, 2.45) is 0 Å². The summed E-state index contributed by atoms with van der Waals surface area (Å²) >= 11 is 2.96. The van der Waals surface area contributed by atoms with Crippen molar-refractivity contribution in [1.29, 1.82) is 0 Å². The van der Waals surface area contributed by atoms with E-state index in [2.05, 4.69) is 21.2 Å². The van der Waals surface area contributed by atoms with Crippen molar-refractivity contribution < 1.29 is 17.6 Å². The molecule has 0 amide bonds. The highest BCUT2D eigenvalue weighted by atomic mass is 79.9. The maximum absolute atomic E-state index is 13.0. The Labute approximate surface area is 129 Å². The zero-order chi connectivity index (χ0) is 15.5. The van der Waals surface area contributed by atoms with Crippen molar-refractivity contribution in [3.8, 4) is 0 Å². The van der Waals surface area contributed by atoms with Crippen LogP contribution >= 0.6 is 15.9 Å². The average molecular weight is 362 g/mol. The van der Waals surface area contributed by atoms with Gasteiger partial charge >= 0.3 is 6.18 Å². The van der Waals surface area contributed by atoms with Crippen LogP contribution in [0.25, 0.3) is 0 Å². The maximum Gasteiger partial charge on any atom is 0.417 e. The lowest BCUT2D eigenvalue weighted by Crippen LogP contribution is -2.23. The minimum Gasteiger partial charge on any atom is -0.469 e. The fraction of sp³-hybridized carbons (Fsp3) is 0.333. The third-order valence-corrected chi connectivity index (χ3v) is 3.83. The van der Waals surface area contributed by atoms with E-state index in [0.29, 0.717) is 18.5 Å². The quantitative estimate of drug-likeness (QED) is 0.814. The number of halogens is 4. The number of hydrogen-bond acceptors (Lipinski definition) is 2. The van der Waals surface area contributed by atoms with Gasteiger partial charge in [0.1, 0.15) is 5.76 Å². The van der Waals surface area contributed by atoms with E-state index in [1.807, 2.05) is 13.0 Å². The van der Waals surface area contributed by atoms with Gasteiger partial charge in [-0.25, -0.2) is 0 Å². The van der Waals surface area contributed by atoms with Crippen molar-refractivity contribution in [3.63, 3.8) is 0 Å². The molecule has 0 aliphatic heterocycles. The third kappa shape index (κ3) is 4.11. The summed E-state index contributed by atoms with van der Waals surface area (Å²) in [4.78, 5) is 0. The standard InChI is InChI=1S/C15H15BrF3NO/c1-2-20-14(9-11-4-3-7-21-11)10-5-6-13(16)12(8-10)15(17,18)19/h3-8,14,20H,2,9H2,1H3. The number of benzene rings is 1. The van der Waals surface area contributed by atoms with Crippen LogP contribution < -0.4 is 5.32 Å². The van der Waals surface area contributed by atoms with Crippen LogP contribution in [0.5, 0.6) is 0 Å². The molecular formula is C15H15BrF3NO. The normalized spacial score (nSPS) is 13.4. The molecule has 0 saturated carbocycles. The molecule has 0 spiro atoms. The Hall–Kier alpha value is -1.27. The number of furan rings is 1. The molecule has 0 aliphatic rings. The van der Waals surface area contributed by atoms with E-state index in [0.717, 1.165) is 5.76 Å². The number of nitrogens with one attached hydrogen (secondary N) is 1. The van der Waals surface area contributed by atoms with Gasteiger partial charge in [0.05, 0.1) is 11.8 Å². The van der Waals surface area contributed by atoms with E-state index < -0.39 is 11.7 Å². The largest absolute Gasteiger partial charge is 0.469 e. The van der Waals surface area contributed by atoms with E-state index in [-0.39, 0.29) is 10.5 Å². The molecule has 0 fully saturated rings. The second-order valence-corrected chi connectivity index (χ2v) is 5.49. The first-order valence-corrected chi connectivity index (χ1v) is 7.33. The number of likely N-dealkylation sites (N-methyl/N-ethyl adjacent to an activating group) is 1. The lowest BCUT2D eigenvalue weighted by molar-refractivity contribution is -0.138. The van der Waals surface area contributed by atoms with E-state index in [1.165, 1.54) is 12.1 Å². The number of rotatable bonds is 5. The van der Waals surface area contributed by atoms with Crippen molar-refractivity contribution >= 4 is 15.9 Å². The van der Waals surface area contributed by atoms with Crippen LogP contribution in [-0.2, 0) is 12.6 Å². The fourth-order valence-electron chi connectivity index (χ4n) is 2.16. The molecule has 114 valence electrons. The van der Waals surface area contributed by atoms with Crippen LogP contribution in [0.15, 0.2) is 45.5 Å². The average Bonchev–Trinajstić information content (AvgIpc) is 2.90. The lowest BCUT2D eigenvalue weighted by Gasteiger charge is -2.19. The smallest absolute Gasteiger partial charge is 0.417 e. The van der Waals surface area contributed by atoms with E-state index >= 15 is 0 Å². The second-order valence-electron chi connectivity index (χ2n) is 4.63. The first kappa shape index (κ1) is 16.1. The zero-order valence-corrected chi connectivity index (χ0v) is 13.0. The summed E-state index contributed by atoms with van der Waals surface area (Å²) < 4.78 is 44.3. The Balaban J connectivity index is 2.32. The van der Waals surface area contributed by atoms with Crippen molar-refractivity contribution in [1.82, 2.24) is 5.32 Å². The summed E-state index contributed by atoms with van der Waals surface area (Å²) in [5.74, 6) is 0.734. The zero-order valence-electron chi connectivity index (χ0n) is 11.4. The minimum atomic E-state index is -4.38. The Morgan fingerprint density at radius 3 is 2.62 bits per heavy atom. The molecule has 1 heterocycles. The SMILES string of the molecule is CCNC(Cc1ccco1)c1ccc(Br)c(C(F)(F)F)c1. The van der Waals surface area contributed by atoms with Crippen molar-refractivity contribution in [2.45, 2.75) is 25.6 Å². The number of hydrogen-bond donors (Lipinski definition) is 1. The van der Waals surface area contributed by atoms with E-state index in [1.54, 1.807) is 18.4 Å². The molecule has 1 aromatic heterocycles. The summed E-state index contributed by atoms with van der Waals surface area (Å²) in [5.41, 5.74) is -0.0777. The van der Waals surface area contributed by atoms with Gasteiger partial charge < -0.3 is 9.73 Å². The third-order valence-electron chi connectivity index (χ3n) is 3.13. The lowest BCUT2D eigenvalue weighted by atomic mass is 10.00. The van der Waals surface area contributed by atoms with E-state index in [4.69, 9.17) is 4.42 Å². The number of alkyl halides is 3. The molecule has 2 nitrogen and oxygen atoms in total. The summed E-state index contributed by atoms with van der Waals surface area (Å²) in [6, 6.07) is 7.66. The van der Waals surface area contributed by atoms with Crippen LogP contribution in [-0.4, -0.2) is 6.54 Å². The van der Waals surface area contributed by atoms with Gasteiger partial charge in [-0.1, -0.05) is 28.9 Å². The van der Waals surface area contributed by atoms with Gasteiger partial charge in [-0.2, -0.15) is 13.2 Å². The van der Waals surface area contributed by atoms with E-state index in [9.17, 15) is 13.2 Å². The molecule has 1 N–H and O–H groups in total. The Kier molecular flexibility index (Phi) is 5.11. The molecule has 6 heteroatoms. The molecule has 0 bridgehead atoms. The summed E-state index contributed by atoms with van der Waals surface area (Å²) in [6.07, 6.45) is -2.32. The molecule has 0 aliphatic carbocycles. The summed E-state index contributed by atoms with van der Waals surface area (Å²) in [6.45, 7) is 2.57. The van der Waals surface area contributed by atoms with Crippen molar-refractivity contribution in [2.75, 3.05) is 6.54 Å². The van der Waals surface area contributed by atoms with Gasteiger partial charge in [-0.15, -0.1) is 0 Å². The van der Waals surface area contributed by atoms with Gasteiger partial charge in [-0.05, 0) is 36.4 Å².